The highest BCUT2D eigenvalue weighted by Crippen LogP contribution is 2.26. The Hall–Kier alpha value is -1.91. The highest BCUT2D eigenvalue weighted by Gasteiger charge is 2.35. The molecular weight excluding hydrogens is 274 g/mol. The van der Waals surface area contributed by atoms with Gasteiger partial charge in [0.2, 0.25) is 0 Å². The maximum absolute atomic E-state index is 10.3. The van der Waals surface area contributed by atoms with Gasteiger partial charge in [0.25, 0.3) is 0 Å². The molecule has 1 aromatic heterocycles. The van der Waals surface area contributed by atoms with E-state index in [2.05, 4.69) is 39.3 Å². The van der Waals surface area contributed by atoms with Gasteiger partial charge >= 0.3 is 0 Å². The summed E-state index contributed by atoms with van der Waals surface area (Å²) in [5.74, 6) is 0.918. The van der Waals surface area contributed by atoms with Crippen molar-refractivity contribution in [3.8, 4) is 0 Å². The predicted molar refractivity (Wildman–Crippen MR) is 88.5 cm³/mol. The van der Waals surface area contributed by atoms with Crippen molar-refractivity contribution >= 4 is 5.82 Å². The predicted octanol–water partition coefficient (Wildman–Crippen LogP) is 2.50. The monoisotopic (exact) mass is 297 g/mol. The Morgan fingerprint density at radius 3 is 2.68 bits per heavy atom. The molecule has 1 fully saturated rings. The lowest BCUT2D eigenvalue weighted by Gasteiger charge is -2.35. The average molecular weight is 297 g/mol. The summed E-state index contributed by atoms with van der Waals surface area (Å²) in [7, 11) is 2.02. The molecule has 4 nitrogen and oxygen atoms in total. The van der Waals surface area contributed by atoms with Crippen LogP contribution in [0.3, 0.4) is 0 Å². The van der Waals surface area contributed by atoms with Crippen molar-refractivity contribution in [1.29, 1.82) is 0 Å². The number of aliphatic hydroxyl groups is 1. The third-order valence-corrected chi connectivity index (χ3v) is 4.42. The molecule has 3 rings (SSSR count). The number of rotatable bonds is 5. The zero-order valence-corrected chi connectivity index (χ0v) is 13.0. The van der Waals surface area contributed by atoms with Gasteiger partial charge in [-0.05, 0) is 37.0 Å². The molecular formula is C18H23N3O. The van der Waals surface area contributed by atoms with Gasteiger partial charge in [-0.2, -0.15) is 0 Å². The number of aliphatic hydroxyl groups excluding tert-OH is 1. The fraction of sp³-hybridized carbons (Fsp3) is 0.389. The zero-order chi connectivity index (χ0) is 15.4. The van der Waals surface area contributed by atoms with Gasteiger partial charge in [-0.1, -0.05) is 36.4 Å². The summed E-state index contributed by atoms with van der Waals surface area (Å²) in [5, 5.41) is 14.7. The Bertz CT molecular complexity index is 575. The highest BCUT2D eigenvalue weighted by molar-refractivity contribution is 5.35. The molecule has 116 valence electrons. The molecule has 1 saturated heterocycles. The van der Waals surface area contributed by atoms with Crippen molar-refractivity contribution in [3.05, 3.63) is 60.3 Å². The van der Waals surface area contributed by atoms with E-state index >= 15 is 0 Å². The molecule has 0 radical (unpaired) electrons. The van der Waals surface area contributed by atoms with E-state index in [0.29, 0.717) is 0 Å². The van der Waals surface area contributed by atoms with E-state index in [1.807, 2.05) is 31.3 Å². The van der Waals surface area contributed by atoms with Gasteiger partial charge in [-0.3, -0.25) is 5.01 Å². The van der Waals surface area contributed by atoms with E-state index in [9.17, 15) is 5.11 Å². The van der Waals surface area contributed by atoms with E-state index in [4.69, 9.17) is 0 Å². The molecule has 1 aromatic carbocycles. The van der Waals surface area contributed by atoms with Crippen LogP contribution in [0.5, 0.6) is 0 Å². The van der Waals surface area contributed by atoms with Gasteiger partial charge in [0.1, 0.15) is 5.82 Å². The molecule has 0 spiro atoms. The van der Waals surface area contributed by atoms with Crippen molar-refractivity contribution < 1.29 is 5.11 Å². The number of anilines is 1. The summed E-state index contributed by atoms with van der Waals surface area (Å²) in [6.45, 7) is 0.869. The van der Waals surface area contributed by atoms with Crippen LogP contribution in [0.15, 0.2) is 54.7 Å². The van der Waals surface area contributed by atoms with Crippen molar-refractivity contribution in [2.24, 2.45) is 0 Å². The van der Waals surface area contributed by atoms with Gasteiger partial charge in [-0.15, -0.1) is 0 Å². The first-order valence-corrected chi connectivity index (χ1v) is 7.89. The number of hydrogen-bond acceptors (Lipinski definition) is 4. The van der Waals surface area contributed by atoms with Gasteiger partial charge in [0.05, 0.1) is 12.1 Å². The van der Waals surface area contributed by atoms with Gasteiger partial charge in [-0.25, -0.2) is 9.99 Å². The van der Waals surface area contributed by atoms with E-state index in [-0.39, 0.29) is 12.1 Å². The van der Waals surface area contributed by atoms with Crippen molar-refractivity contribution in [2.45, 2.75) is 31.4 Å². The Morgan fingerprint density at radius 2 is 1.95 bits per heavy atom. The van der Waals surface area contributed by atoms with Gasteiger partial charge in [0.15, 0.2) is 0 Å². The van der Waals surface area contributed by atoms with Crippen LogP contribution >= 0.6 is 0 Å². The van der Waals surface area contributed by atoms with Gasteiger partial charge in [0, 0.05) is 19.8 Å². The van der Waals surface area contributed by atoms with Crippen molar-refractivity contribution in [2.75, 3.05) is 18.6 Å². The summed E-state index contributed by atoms with van der Waals surface area (Å²) >= 11 is 0. The molecule has 2 aromatic rings. The summed E-state index contributed by atoms with van der Waals surface area (Å²) in [4.78, 5) is 4.40. The molecule has 0 amide bonds. The molecule has 2 atom stereocenters. The van der Waals surface area contributed by atoms with E-state index in [0.717, 1.165) is 31.6 Å². The number of aryl methyl sites for hydroxylation is 1. The number of pyridine rings is 1. The molecule has 2 heterocycles. The normalized spacial score (nSPS) is 21.9. The second kappa shape index (κ2) is 6.90. The Balaban J connectivity index is 1.68. The molecule has 22 heavy (non-hydrogen) atoms. The molecule has 4 heteroatoms. The van der Waals surface area contributed by atoms with Crippen molar-refractivity contribution in [3.63, 3.8) is 0 Å². The quantitative estimate of drug-likeness (QED) is 0.920. The number of nitrogens with zero attached hydrogens (tertiary/aromatic N) is 3. The molecule has 0 bridgehead atoms. The molecule has 1 N–H and O–H groups in total. The SMILES string of the molecule is CN(c1ccccn1)N1CCC(O)C1CCc1ccccc1. The third-order valence-electron chi connectivity index (χ3n) is 4.42. The van der Waals surface area contributed by atoms with Gasteiger partial charge < -0.3 is 5.11 Å². The van der Waals surface area contributed by atoms with Crippen LogP contribution in [0.25, 0.3) is 0 Å². The largest absolute Gasteiger partial charge is 0.391 e. The minimum Gasteiger partial charge on any atom is -0.391 e. The first kappa shape index (κ1) is 15.0. The zero-order valence-electron chi connectivity index (χ0n) is 13.0. The second-order valence-electron chi connectivity index (χ2n) is 5.82. The Morgan fingerprint density at radius 1 is 1.18 bits per heavy atom. The number of benzene rings is 1. The lowest BCUT2D eigenvalue weighted by Crippen LogP contribution is -2.46. The Kier molecular flexibility index (Phi) is 4.71. The summed E-state index contributed by atoms with van der Waals surface area (Å²) in [6.07, 6.45) is 4.28. The van der Waals surface area contributed by atoms with Crippen LogP contribution < -0.4 is 5.01 Å². The van der Waals surface area contributed by atoms with Crippen LogP contribution in [-0.4, -0.2) is 40.8 Å². The lowest BCUT2D eigenvalue weighted by molar-refractivity contribution is 0.107. The van der Waals surface area contributed by atoms with E-state index in [1.165, 1.54) is 5.56 Å². The first-order valence-electron chi connectivity index (χ1n) is 7.89. The summed E-state index contributed by atoms with van der Waals surface area (Å²) < 4.78 is 0. The number of hydrogen-bond donors (Lipinski definition) is 1. The minimum atomic E-state index is -0.269. The fourth-order valence-corrected chi connectivity index (χ4v) is 3.17. The standard InChI is InChI=1S/C18H23N3O/c1-20(18-9-5-6-13-19-18)21-14-12-17(22)16(21)11-10-15-7-3-2-4-8-15/h2-9,13,16-17,22H,10-12,14H2,1H3. The lowest BCUT2D eigenvalue weighted by atomic mass is 10.0. The topological polar surface area (TPSA) is 39.6 Å². The smallest absolute Gasteiger partial charge is 0.142 e. The molecule has 1 aliphatic heterocycles. The van der Waals surface area contributed by atoms with Crippen molar-refractivity contribution in [1.82, 2.24) is 9.99 Å². The first-order chi connectivity index (χ1) is 10.8. The van der Waals surface area contributed by atoms with Crippen LogP contribution in [0, 0.1) is 0 Å². The number of aromatic nitrogens is 1. The van der Waals surface area contributed by atoms with Crippen LogP contribution in [0.1, 0.15) is 18.4 Å². The molecule has 0 aliphatic carbocycles. The molecule has 0 saturated carbocycles. The number of hydrazine groups is 1. The average Bonchev–Trinajstić information content (AvgIpc) is 2.95. The fourth-order valence-electron chi connectivity index (χ4n) is 3.17. The minimum absolute atomic E-state index is 0.146. The third kappa shape index (κ3) is 3.29. The van der Waals surface area contributed by atoms with E-state index < -0.39 is 0 Å². The second-order valence-corrected chi connectivity index (χ2v) is 5.82. The molecule has 2 unspecified atom stereocenters. The van der Waals surface area contributed by atoms with Crippen LogP contribution in [-0.2, 0) is 6.42 Å². The van der Waals surface area contributed by atoms with Crippen LogP contribution in [0.4, 0.5) is 5.82 Å². The maximum atomic E-state index is 10.3. The van der Waals surface area contributed by atoms with Crippen LogP contribution in [0.2, 0.25) is 0 Å². The van der Waals surface area contributed by atoms with E-state index in [1.54, 1.807) is 6.20 Å². The molecule has 1 aliphatic rings. The Labute approximate surface area is 132 Å². The summed E-state index contributed by atoms with van der Waals surface area (Å²) in [6, 6.07) is 16.5. The maximum Gasteiger partial charge on any atom is 0.142 e. The summed E-state index contributed by atoms with van der Waals surface area (Å²) in [5.41, 5.74) is 1.32. The highest BCUT2D eigenvalue weighted by atomic mass is 16.3.